The second-order valence-corrected chi connectivity index (χ2v) is 12.3. The number of hydrogen-bond donors (Lipinski definition) is 1. The maximum atomic E-state index is 13.6. The summed E-state index contributed by atoms with van der Waals surface area (Å²) in [6, 6.07) is 11.1. The van der Waals surface area contributed by atoms with Crippen LogP contribution in [0.2, 0.25) is 0 Å². The van der Waals surface area contributed by atoms with Crippen molar-refractivity contribution < 1.29 is 23.4 Å². The largest absolute Gasteiger partial charge is 0.496 e. The molecule has 1 saturated carbocycles. The van der Waals surface area contributed by atoms with Crippen molar-refractivity contribution in [3.05, 3.63) is 59.7 Å². The van der Waals surface area contributed by atoms with E-state index in [2.05, 4.69) is 32.4 Å². The van der Waals surface area contributed by atoms with Crippen molar-refractivity contribution in [3.63, 3.8) is 0 Å². The number of ketones is 1. The average molecular weight is 600 g/mol. The number of ether oxygens (including phenoxy) is 1. The summed E-state index contributed by atoms with van der Waals surface area (Å²) in [5, 5.41) is 12.5. The lowest BCUT2D eigenvalue weighted by atomic mass is 9.90. The summed E-state index contributed by atoms with van der Waals surface area (Å²) >= 11 is 0. The van der Waals surface area contributed by atoms with Crippen LogP contribution in [0.15, 0.2) is 51.7 Å². The molecule has 6 rings (SSSR count). The van der Waals surface area contributed by atoms with Crippen LogP contribution in [0.1, 0.15) is 86.2 Å². The molecular weight excluding hydrogens is 558 g/mol. The Balaban J connectivity index is 1.16. The lowest BCUT2D eigenvalue weighted by Gasteiger charge is -2.32. The normalized spacial score (nSPS) is 18.4. The van der Waals surface area contributed by atoms with E-state index in [0.717, 1.165) is 80.3 Å². The van der Waals surface area contributed by atoms with Gasteiger partial charge in [-0.15, -0.1) is 0 Å². The molecule has 10 nitrogen and oxygen atoms in total. The van der Waals surface area contributed by atoms with E-state index in [1.54, 1.807) is 13.2 Å². The van der Waals surface area contributed by atoms with E-state index in [9.17, 15) is 9.59 Å². The minimum atomic E-state index is -0.296. The first-order chi connectivity index (χ1) is 21.4. The van der Waals surface area contributed by atoms with Gasteiger partial charge in [0, 0.05) is 41.6 Å². The van der Waals surface area contributed by atoms with Gasteiger partial charge >= 0.3 is 0 Å². The van der Waals surface area contributed by atoms with Gasteiger partial charge in [0.15, 0.2) is 11.5 Å². The summed E-state index contributed by atoms with van der Waals surface area (Å²) in [6.45, 7) is 7.34. The van der Waals surface area contributed by atoms with Crippen molar-refractivity contribution in [2.24, 2.45) is 11.3 Å². The standard InChI is InChI=1S/C34H41N5O5/c1-4-39-15-13-34(14-16-39)21-25(34)33(41)36-26(8-6-5-7-9-30(40)27-12-17-43-37-27)29-20-32(44-38-29)24-18-23-11-10-22(2)35-28(23)19-31(24)42-3/h10-12,17-20,25-26H,4-9,13-16,21H2,1-3H3,(H,36,41)/t25-,26?/m1/s1. The molecule has 1 unspecified atom stereocenters. The molecule has 0 radical (unpaired) electrons. The topological polar surface area (TPSA) is 124 Å². The van der Waals surface area contributed by atoms with Crippen LogP contribution in [0, 0.1) is 18.3 Å². The Morgan fingerprint density at radius 3 is 2.70 bits per heavy atom. The number of hydrogen-bond acceptors (Lipinski definition) is 9. The van der Waals surface area contributed by atoms with Crippen LogP contribution in [-0.2, 0) is 4.79 Å². The highest BCUT2D eigenvalue weighted by Gasteiger charge is 2.58. The van der Waals surface area contributed by atoms with Crippen LogP contribution < -0.4 is 10.1 Å². The summed E-state index contributed by atoms with van der Waals surface area (Å²) in [7, 11) is 1.63. The van der Waals surface area contributed by atoms with Gasteiger partial charge in [0.2, 0.25) is 5.91 Å². The Labute approximate surface area is 257 Å². The summed E-state index contributed by atoms with van der Waals surface area (Å²) in [4.78, 5) is 33.0. The second kappa shape index (κ2) is 12.9. The fraction of sp³-hybridized carbons (Fsp3) is 0.500. The zero-order valence-electron chi connectivity index (χ0n) is 25.8. The number of fused-ring (bicyclic) bond motifs is 1. The van der Waals surface area contributed by atoms with Crippen LogP contribution in [0.3, 0.4) is 0 Å². The number of nitrogens with one attached hydrogen (secondary N) is 1. The predicted octanol–water partition coefficient (Wildman–Crippen LogP) is 6.31. The monoisotopic (exact) mass is 599 g/mol. The number of rotatable bonds is 13. The Bertz CT molecular complexity index is 1610. The number of unbranched alkanes of at least 4 members (excludes halogenated alkanes) is 2. The van der Waals surface area contributed by atoms with Crippen molar-refractivity contribution in [2.75, 3.05) is 26.7 Å². The van der Waals surface area contributed by atoms with Crippen molar-refractivity contribution in [1.29, 1.82) is 0 Å². The minimum absolute atomic E-state index is 0.0207. The molecule has 3 aromatic heterocycles. The van der Waals surface area contributed by atoms with E-state index in [0.29, 0.717) is 35.7 Å². The maximum Gasteiger partial charge on any atom is 0.224 e. The number of amides is 1. The molecule has 232 valence electrons. The molecule has 4 aromatic rings. The number of aromatic nitrogens is 3. The molecule has 1 aliphatic heterocycles. The summed E-state index contributed by atoms with van der Waals surface area (Å²) in [6.07, 6.45) is 8.02. The Morgan fingerprint density at radius 1 is 1.11 bits per heavy atom. The number of likely N-dealkylation sites (tertiary alicyclic amines) is 1. The Morgan fingerprint density at radius 2 is 1.95 bits per heavy atom. The maximum absolute atomic E-state index is 13.6. The SMILES string of the molecule is CCN1CCC2(CC1)C[C@@H]2C(=O)NC(CCCCCC(=O)c1ccon1)c1cc(-c2cc3ccc(C)nc3cc2OC)on1. The van der Waals surface area contributed by atoms with Gasteiger partial charge in [-0.3, -0.25) is 14.6 Å². The molecule has 44 heavy (non-hydrogen) atoms. The molecule has 1 spiro atoms. The number of Topliss-reactive ketones (excluding diaryl/α,β-unsaturated/α-hetero) is 1. The molecule has 1 aliphatic carbocycles. The fourth-order valence-electron chi connectivity index (χ4n) is 6.64. The van der Waals surface area contributed by atoms with Crippen LogP contribution in [-0.4, -0.2) is 58.6 Å². The summed E-state index contributed by atoms with van der Waals surface area (Å²) in [5.74, 6) is 1.36. The highest BCUT2D eigenvalue weighted by atomic mass is 16.5. The van der Waals surface area contributed by atoms with Gasteiger partial charge in [0.1, 0.15) is 23.4 Å². The molecule has 1 amide bonds. The number of aryl methyl sites for hydroxylation is 1. The zero-order valence-corrected chi connectivity index (χ0v) is 25.8. The molecule has 2 aliphatic rings. The first-order valence-electron chi connectivity index (χ1n) is 15.8. The van der Waals surface area contributed by atoms with Crippen LogP contribution in [0.5, 0.6) is 5.75 Å². The molecule has 4 heterocycles. The number of benzene rings is 1. The van der Waals surface area contributed by atoms with E-state index in [-0.39, 0.29) is 29.1 Å². The van der Waals surface area contributed by atoms with Crippen molar-refractivity contribution in [3.8, 4) is 17.1 Å². The third-order valence-electron chi connectivity index (χ3n) is 9.54. The summed E-state index contributed by atoms with van der Waals surface area (Å²) in [5.41, 5.74) is 3.76. The number of pyridine rings is 1. The minimum Gasteiger partial charge on any atom is -0.496 e. The van der Waals surface area contributed by atoms with E-state index < -0.39 is 0 Å². The third kappa shape index (κ3) is 6.40. The Kier molecular flexibility index (Phi) is 8.79. The summed E-state index contributed by atoms with van der Waals surface area (Å²) < 4.78 is 16.4. The van der Waals surface area contributed by atoms with Gasteiger partial charge in [-0.25, -0.2) is 0 Å². The quantitative estimate of drug-likeness (QED) is 0.139. The molecule has 1 aromatic carbocycles. The van der Waals surface area contributed by atoms with Gasteiger partial charge in [-0.1, -0.05) is 36.1 Å². The van der Waals surface area contributed by atoms with Crippen LogP contribution in [0.25, 0.3) is 22.2 Å². The second-order valence-electron chi connectivity index (χ2n) is 12.3. The van der Waals surface area contributed by atoms with Crippen molar-refractivity contribution in [2.45, 2.75) is 71.3 Å². The average Bonchev–Trinajstić information content (AvgIpc) is 3.40. The first kappa shape index (κ1) is 30.0. The van der Waals surface area contributed by atoms with Gasteiger partial charge in [-0.05, 0) is 76.2 Å². The number of carbonyl (C=O) groups excluding carboxylic acids is 2. The van der Waals surface area contributed by atoms with Gasteiger partial charge < -0.3 is 24.0 Å². The van der Waals surface area contributed by atoms with Crippen molar-refractivity contribution in [1.82, 2.24) is 25.5 Å². The first-order valence-corrected chi connectivity index (χ1v) is 15.8. The van der Waals surface area contributed by atoms with E-state index in [1.807, 2.05) is 37.3 Å². The Hall–Kier alpha value is -4.05. The molecule has 1 N–H and O–H groups in total. The number of piperidine rings is 1. The van der Waals surface area contributed by atoms with Crippen molar-refractivity contribution >= 4 is 22.6 Å². The molecule has 10 heteroatoms. The predicted molar refractivity (Wildman–Crippen MR) is 165 cm³/mol. The number of methoxy groups -OCH3 is 1. The van der Waals surface area contributed by atoms with Crippen LogP contribution in [0.4, 0.5) is 0 Å². The van der Waals surface area contributed by atoms with Crippen LogP contribution >= 0.6 is 0 Å². The highest BCUT2D eigenvalue weighted by molar-refractivity contribution is 5.93. The lowest BCUT2D eigenvalue weighted by Crippen LogP contribution is -2.37. The van der Waals surface area contributed by atoms with Gasteiger partial charge in [0.05, 0.1) is 24.2 Å². The van der Waals surface area contributed by atoms with E-state index in [4.69, 9.17) is 13.8 Å². The zero-order chi connectivity index (χ0) is 30.7. The van der Waals surface area contributed by atoms with E-state index in [1.165, 1.54) is 6.26 Å². The lowest BCUT2D eigenvalue weighted by molar-refractivity contribution is -0.124. The molecule has 2 fully saturated rings. The number of carbonyl (C=O) groups is 2. The molecular formula is C34H41N5O5. The fourth-order valence-corrected chi connectivity index (χ4v) is 6.64. The highest BCUT2D eigenvalue weighted by Crippen LogP contribution is 2.59. The van der Waals surface area contributed by atoms with E-state index >= 15 is 0 Å². The molecule has 0 bridgehead atoms. The molecule has 1 saturated heterocycles. The molecule has 2 atom stereocenters. The van der Waals surface area contributed by atoms with Gasteiger partial charge in [-0.2, -0.15) is 0 Å². The van der Waals surface area contributed by atoms with Gasteiger partial charge in [0.25, 0.3) is 0 Å². The third-order valence-corrected chi connectivity index (χ3v) is 9.54. The number of nitrogens with zero attached hydrogens (tertiary/aromatic N) is 4. The smallest absolute Gasteiger partial charge is 0.224 e.